The fourth-order valence-electron chi connectivity index (χ4n) is 10.9. The van der Waals surface area contributed by atoms with Crippen LogP contribution in [-0.2, 0) is 59.0 Å². The number of nitrogens with zero attached hydrogens (tertiary/aromatic N) is 7. The van der Waals surface area contributed by atoms with Gasteiger partial charge < -0.3 is 49.5 Å². The topological polar surface area (TPSA) is 256 Å². The van der Waals surface area contributed by atoms with Crippen molar-refractivity contribution < 1.29 is 62.8 Å². The molecule has 4 rings (SSSR count). The highest BCUT2D eigenvalue weighted by Gasteiger charge is 2.44. The third-order valence-corrected chi connectivity index (χ3v) is 16.8. The fraction of sp³-hybridized carbons (Fsp3) is 0.714. The lowest BCUT2D eigenvalue weighted by molar-refractivity contribution is -0.147. The van der Waals surface area contributed by atoms with Gasteiger partial charge in [0, 0.05) is 112 Å². The van der Waals surface area contributed by atoms with Gasteiger partial charge in [0.05, 0.1) is 41.9 Å². The number of aliphatic imine (C=N–C) groups is 1. The molecule has 21 nitrogen and oxygen atoms in total. The van der Waals surface area contributed by atoms with E-state index in [9.17, 15) is 53.4 Å². The Morgan fingerprint density at radius 2 is 1.50 bits per heavy atom. The monoisotopic (exact) mass is 1110 g/mol. The number of imide groups is 1. The molecule has 0 saturated carbocycles. The molecule has 10 atom stereocenters. The Labute approximate surface area is 465 Å². The zero-order valence-corrected chi connectivity index (χ0v) is 48.7. The molecule has 6 amide bonds. The Morgan fingerprint density at radius 3 is 2.06 bits per heavy atom. The second-order valence-corrected chi connectivity index (χ2v) is 22.9. The third kappa shape index (κ3) is 18.0. The summed E-state index contributed by atoms with van der Waals surface area (Å²) < 4.78 is 12.1. The van der Waals surface area contributed by atoms with Crippen LogP contribution in [0.2, 0.25) is 0 Å². The number of piperazine rings is 1. The van der Waals surface area contributed by atoms with Gasteiger partial charge in [0.1, 0.15) is 17.9 Å². The van der Waals surface area contributed by atoms with E-state index in [2.05, 4.69) is 10.2 Å². The van der Waals surface area contributed by atoms with Gasteiger partial charge in [-0.25, -0.2) is 9.79 Å². The number of aliphatic carboxylic acids is 2. The Kier molecular flexibility index (Phi) is 26.0. The summed E-state index contributed by atoms with van der Waals surface area (Å²) in [5.74, 6) is -5.43. The van der Waals surface area contributed by atoms with Gasteiger partial charge in [0.2, 0.25) is 35.4 Å². The van der Waals surface area contributed by atoms with E-state index in [4.69, 9.17) is 14.5 Å². The number of carbonyl (C=O) groups is 9. The molecule has 3 saturated heterocycles. The van der Waals surface area contributed by atoms with E-state index in [1.807, 2.05) is 81.9 Å². The molecular weight excluding hydrogens is 1020 g/mol. The number of guanidine groups is 1. The summed E-state index contributed by atoms with van der Waals surface area (Å²) in [6.07, 6.45) is 2.65. The van der Waals surface area contributed by atoms with Crippen LogP contribution in [0.3, 0.4) is 0 Å². The van der Waals surface area contributed by atoms with Gasteiger partial charge in [-0.15, -0.1) is 11.8 Å². The number of carbonyl (C=O) groups excluding carboxylic acids is 7. The smallest absolute Gasteiger partial charge is 0.327 e. The lowest BCUT2D eigenvalue weighted by atomic mass is 9.85. The Bertz CT molecular complexity index is 2240. The zero-order valence-electron chi connectivity index (χ0n) is 47.9. The highest BCUT2D eigenvalue weighted by atomic mass is 32.2. The first-order chi connectivity index (χ1) is 36.9. The van der Waals surface area contributed by atoms with Crippen LogP contribution >= 0.6 is 11.8 Å². The van der Waals surface area contributed by atoms with Crippen LogP contribution in [0.4, 0.5) is 0 Å². The van der Waals surface area contributed by atoms with Crippen molar-refractivity contribution in [3.63, 3.8) is 0 Å². The van der Waals surface area contributed by atoms with E-state index in [-0.39, 0.29) is 85.1 Å². The van der Waals surface area contributed by atoms with Gasteiger partial charge in [-0.05, 0) is 49.5 Å². The number of likely N-dealkylation sites (N-methyl/N-ethyl adjacent to an activating group) is 1. The molecule has 0 aliphatic carbocycles. The number of nitrogens with one attached hydrogen (secondary N) is 1. The second-order valence-electron chi connectivity index (χ2n) is 21.7. The van der Waals surface area contributed by atoms with E-state index in [0.29, 0.717) is 83.6 Å². The van der Waals surface area contributed by atoms with Crippen LogP contribution in [0.5, 0.6) is 0 Å². The van der Waals surface area contributed by atoms with Gasteiger partial charge in [-0.1, -0.05) is 77.8 Å². The van der Waals surface area contributed by atoms with Crippen molar-refractivity contribution in [3.05, 3.63) is 35.9 Å². The third-order valence-electron chi connectivity index (χ3n) is 15.5. The van der Waals surface area contributed by atoms with E-state index in [0.717, 1.165) is 17.3 Å². The minimum atomic E-state index is -1.22. The maximum atomic E-state index is 14.8. The van der Waals surface area contributed by atoms with Gasteiger partial charge in [0.15, 0.2) is 5.96 Å². The number of thioether (sulfide) groups is 1. The highest BCUT2D eigenvalue weighted by molar-refractivity contribution is 8.00. The van der Waals surface area contributed by atoms with E-state index in [1.165, 1.54) is 18.9 Å². The number of benzene rings is 1. The summed E-state index contributed by atoms with van der Waals surface area (Å²) in [6, 6.07) is 6.32. The van der Waals surface area contributed by atoms with Crippen molar-refractivity contribution in [1.82, 2.24) is 34.7 Å². The van der Waals surface area contributed by atoms with Crippen LogP contribution in [0.1, 0.15) is 111 Å². The number of Topliss-reactive ketones (excluding diaryl/α,β-unsaturated/α-hetero) is 1. The fourth-order valence-corrected chi connectivity index (χ4v) is 12.1. The molecule has 3 fully saturated rings. The van der Waals surface area contributed by atoms with Crippen LogP contribution in [0.15, 0.2) is 35.3 Å². The number of hydrogen-bond acceptors (Lipinski definition) is 13. The molecule has 3 heterocycles. The predicted octanol–water partition coefficient (Wildman–Crippen LogP) is 3.91. The SMILES string of the molecule is CC[C@H](C)[C@@H]([C@@H](CC(=O)N1CCC[C@H]1[C@H](OC)[C@@H](C)C(=O)C[C@@H](Cc1ccccc1)C(=O)O)OC)N(C)C(=O)[C@@H](N=C(N(C)C)N1CCN(C(=O)CCCCCN2C(=O)CC(SC[C@H](NC(C)=O)C(=O)O)C2=O)CC1)C(C)C. The van der Waals surface area contributed by atoms with E-state index >= 15 is 0 Å². The number of ether oxygens (including phenoxy) is 2. The van der Waals surface area contributed by atoms with Crippen molar-refractivity contribution in [2.75, 3.05) is 80.4 Å². The van der Waals surface area contributed by atoms with Crippen molar-refractivity contribution in [3.8, 4) is 0 Å². The van der Waals surface area contributed by atoms with Crippen molar-refractivity contribution in [1.29, 1.82) is 0 Å². The zero-order chi connectivity index (χ0) is 58.0. The summed E-state index contributed by atoms with van der Waals surface area (Å²) in [5.41, 5.74) is 0.829. The molecule has 1 aromatic rings. The number of amides is 6. The molecule has 1 unspecified atom stereocenters. The largest absolute Gasteiger partial charge is 0.481 e. The molecule has 3 aliphatic rings. The van der Waals surface area contributed by atoms with Crippen LogP contribution in [0, 0.1) is 23.7 Å². The summed E-state index contributed by atoms with van der Waals surface area (Å²) in [7, 11) is 8.55. The molecule has 0 radical (unpaired) electrons. The van der Waals surface area contributed by atoms with Crippen molar-refractivity contribution in [2.45, 2.75) is 154 Å². The molecule has 0 spiro atoms. The molecule has 78 heavy (non-hydrogen) atoms. The summed E-state index contributed by atoms with van der Waals surface area (Å²) in [4.78, 5) is 133. The second kappa shape index (κ2) is 31.3. The normalized spacial score (nSPS) is 20.2. The summed E-state index contributed by atoms with van der Waals surface area (Å²) in [6.45, 7) is 13.5. The number of unbranched alkanes of at least 4 members (excludes halogenated alkanes) is 2. The van der Waals surface area contributed by atoms with Crippen LogP contribution in [0.25, 0.3) is 0 Å². The number of hydrogen-bond donors (Lipinski definition) is 3. The van der Waals surface area contributed by atoms with Crippen LogP contribution < -0.4 is 5.32 Å². The first-order valence-electron chi connectivity index (χ1n) is 27.6. The maximum absolute atomic E-state index is 14.8. The van der Waals surface area contributed by atoms with E-state index in [1.54, 1.807) is 30.9 Å². The molecule has 3 N–H and O–H groups in total. The first kappa shape index (κ1) is 64.9. The standard InChI is InChI=1S/C56H88N8O13S/c1-12-36(4)50(44(76-10)32-47(68)63-25-19-22-42(63)51(77-11)37(5)43(66)31-40(54(72)73)30-39-20-15-13-16-21-39)60(9)53(71)49(35(2)3)58-56(59(7)8)62-28-26-61(27-29-62)46(67)23-17-14-18-24-64-48(69)33-45(52(64)70)78-34-41(55(74)75)57-38(6)65/h13,15-16,20-21,35-37,40-42,44-45,49-51H,12,14,17-19,22-34H2,1-11H3,(H,57,65)(H,72,73)(H,74,75)/t36-,37-,40+,41-,42-,44+,45?,49-,50-,51+/m0/s1. The predicted molar refractivity (Wildman–Crippen MR) is 296 cm³/mol. The summed E-state index contributed by atoms with van der Waals surface area (Å²) >= 11 is 1.04. The number of carboxylic acids is 2. The number of likely N-dealkylation sites (tertiary alicyclic amines) is 2. The Balaban J connectivity index is 1.35. The summed E-state index contributed by atoms with van der Waals surface area (Å²) in [5, 5.41) is 21.0. The minimum Gasteiger partial charge on any atom is -0.481 e. The van der Waals surface area contributed by atoms with Gasteiger partial charge in [0.25, 0.3) is 0 Å². The molecule has 1 aromatic carbocycles. The molecule has 0 aromatic heterocycles. The van der Waals surface area contributed by atoms with Gasteiger partial charge >= 0.3 is 11.9 Å². The Hall–Kier alpha value is -5.61. The highest BCUT2D eigenvalue weighted by Crippen LogP contribution is 2.32. The average Bonchev–Trinajstić information content (AvgIpc) is 3.99. The van der Waals surface area contributed by atoms with Gasteiger partial charge in [-0.3, -0.25) is 43.3 Å². The lowest BCUT2D eigenvalue weighted by Gasteiger charge is -2.41. The first-order valence-corrected chi connectivity index (χ1v) is 28.6. The average molecular weight is 1110 g/mol. The molecular formula is C56H88N8O13S. The van der Waals surface area contributed by atoms with Crippen LogP contribution in [-0.4, -0.2) is 221 Å². The molecule has 0 bridgehead atoms. The number of ketones is 1. The molecule has 3 aliphatic heterocycles. The van der Waals surface area contributed by atoms with E-state index < -0.39 is 71.3 Å². The lowest BCUT2D eigenvalue weighted by Crippen LogP contribution is -2.56. The molecule has 436 valence electrons. The number of methoxy groups -OCH3 is 2. The number of carboxylic acid groups (broad SMARTS) is 2. The quantitative estimate of drug-likeness (QED) is 0.0427. The minimum absolute atomic E-state index is 0.00156. The molecule has 22 heteroatoms. The maximum Gasteiger partial charge on any atom is 0.327 e. The number of rotatable bonds is 30. The van der Waals surface area contributed by atoms with Crippen molar-refractivity contribution >= 4 is 70.9 Å². The van der Waals surface area contributed by atoms with Gasteiger partial charge in [-0.2, -0.15) is 0 Å². The van der Waals surface area contributed by atoms with Crippen molar-refractivity contribution in [2.24, 2.45) is 28.7 Å². The Morgan fingerprint density at radius 1 is 0.846 bits per heavy atom.